The number of thioether (sulfide) groups is 1. The van der Waals surface area contributed by atoms with E-state index in [0.29, 0.717) is 6.04 Å². The molecule has 1 nitrogen and oxygen atoms in total. The van der Waals surface area contributed by atoms with Gasteiger partial charge >= 0.3 is 0 Å². The summed E-state index contributed by atoms with van der Waals surface area (Å²) < 4.78 is 1.19. The summed E-state index contributed by atoms with van der Waals surface area (Å²) in [5.41, 5.74) is 1.33. The molecule has 0 aliphatic rings. The van der Waals surface area contributed by atoms with Gasteiger partial charge in [0.2, 0.25) is 0 Å². The Bertz CT molecular complexity index is 291. The van der Waals surface area contributed by atoms with Gasteiger partial charge in [-0.1, -0.05) is 41.1 Å². The van der Waals surface area contributed by atoms with Crippen LogP contribution >= 0.6 is 27.7 Å². The largest absolute Gasteiger partial charge is 0.309 e. The minimum atomic E-state index is 0.618. The van der Waals surface area contributed by atoms with Crippen LogP contribution in [0.2, 0.25) is 0 Å². The van der Waals surface area contributed by atoms with Crippen molar-refractivity contribution in [3.8, 4) is 0 Å². The van der Waals surface area contributed by atoms with Gasteiger partial charge < -0.3 is 5.32 Å². The fourth-order valence-electron chi connectivity index (χ4n) is 1.42. The molecule has 3 heteroatoms. The van der Waals surface area contributed by atoms with Crippen molar-refractivity contribution >= 4 is 27.7 Å². The lowest BCUT2D eigenvalue weighted by Gasteiger charge is -2.16. The van der Waals surface area contributed by atoms with Gasteiger partial charge in [0.25, 0.3) is 0 Å². The van der Waals surface area contributed by atoms with Crippen LogP contribution < -0.4 is 5.32 Å². The molecule has 15 heavy (non-hydrogen) atoms. The lowest BCUT2D eigenvalue weighted by atomic mass is 10.2. The Morgan fingerprint density at radius 2 is 2.13 bits per heavy atom. The molecule has 0 heterocycles. The Morgan fingerprint density at radius 1 is 1.40 bits per heavy atom. The van der Waals surface area contributed by atoms with E-state index in [2.05, 4.69) is 52.6 Å². The highest BCUT2D eigenvalue weighted by Crippen LogP contribution is 2.15. The highest BCUT2D eigenvalue weighted by atomic mass is 79.9. The van der Waals surface area contributed by atoms with Crippen molar-refractivity contribution in [1.82, 2.24) is 5.32 Å². The average molecular weight is 288 g/mol. The Labute approximate surface area is 105 Å². The van der Waals surface area contributed by atoms with Crippen molar-refractivity contribution in [2.45, 2.75) is 25.9 Å². The van der Waals surface area contributed by atoms with Crippen LogP contribution in [0.3, 0.4) is 0 Å². The fraction of sp³-hybridized carbons (Fsp3) is 0.500. The molecule has 0 bridgehead atoms. The third kappa shape index (κ3) is 4.58. The molecule has 0 saturated carbocycles. The first-order chi connectivity index (χ1) is 7.27. The van der Waals surface area contributed by atoms with E-state index in [1.165, 1.54) is 22.2 Å². The maximum absolute atomic E-state index is 3.58. The number of benzene rings is 1. The standard InChI is InChI=1S/C12H18BrNS/c1-3-11(9-15-2)14-8-10-6-4-5-7-12(10)13/h4-7,11,14H,3,8-9H2,1-2H3. The molecule has 1 unspecified atom stereocenters. The zero-order valence-electron chi connectivity index (χ0n) is 9.29. The molecule has 1 aromatic carbocycles. The summed E-state index contributed by atoms with van der Waals surface area (Å²) in [6.45, 7) is 3.18. The molecule has 0 saturated heterocycles. The van der Waals surface area contributed by atoms with E-state index in [9.17, 15) is 0 Å². The Balaban J connectivity index is 2.45. The summed E-state index contributed by atoms with van der Waals surface area (Å²) in [5, 5.41) is 3.58. The van der Waals surface area contributed by atoms with Gasteiger partial charge in [0, 0.05) is 22.8 Å². The normalized spacial score (nSPS) is 12.7. The fourth-order valence-corrected chi connectivity index (χ4v) is 2.60. The lowest BCUT2D eigenvalue weighted by molar-refractivity contribution is 0.540. The number of hydrogen-bond acceptors (Lipinski definition) is 2. The first-order valence-corrected chi connectivity index (χ1v) is 7.42. The zero-order valence-corrected chi connectivity index (χ0v) is 11.7. The topological polar surface area (TPSA) is 12.0 Å². The third-order valence-corrected chi connectivity index (χ3v) is 3.91. The third-order valence-electron chi connectivity index (χ3n) is 2.40. The Kier molecular flexibility index (Phi) is 6.37. The van der Waals surface area contributed by atoms with Crippen LogP contribution in [0, 0.1) is 0 Å². The van der Waals surface area contributed by atoms with Gasteiger partial charge in [0.1, 0.15) is 0 Å². The van der Waals surface area contributed by atoms with E-state index in [-0.39, 0.29) is 0 Å². The van der Waals surface area contributed by atoms with Crippen LogP contribution in [0.4, 0.5) is 0 Å². The van der Waals surface area contributed by atoms with Crippen molar-refractivity contribution in [2.75, 3.05) is 12.0 Å². The van der Waals surface area contributed by atoms with Gasteiger partial charge in [-0.3, -0.25) is 0 Å². The van der Waals surface area contributed by atoms with Crippen molar-refractivity contribution in [3.63, 3.8) is 0 Å². The molecule has 0 aliphatic carbocycles. The second-order valence-corrected chi connectivity index (χ2v) is 5.30. The molecule has 0 amide bonds. The molecule has 0 fully saturated rings. The van der Waals surface area contributed by atoms with E-state index in [1.54, 1.807) is 0 Å². The predicted octanol–water partition coefficient (Wildman–Crippen LogP) is 3.68. The second kappa shape index (κ2) is 7.31. The number of hydrogen-bond donors (Lipinski definition) is 1. The number of halogens is 1. The zero-order chi connectivity index (χ0) is 11.1. The van der Waals surface area contributed by atoms with E-state index in [4.69, 9.17) is 0 Å². The molecule has 84 valence electrons. The predicted molar refractivity (Wildman–Crippen MR) is 73.4 cm³/mol. The van der Waals surface area contributed by atoms with Gasteiger partial charge in [0.05, 0.1) is 0 Å². The van der Waals surface area contributed by atoms with Gasteiger partial charge in [-0.25, -0.2) is 0 Å². The van der Waals surface area contributed by atoms with Crippen molar-refractivity contribution in [3.05, 3.63) is 34.3 Å². The molecule has 1 N–H and O–H groups in total. The number of nitrogens with one attached hydrogen (secondary N) is 1. The average Bonchev–Trinajstić information content (AvgIpc) is 2.26. The maximum Gasteiger partial charge on any atom is 0.0220 e. The minimum Gasteiger partial charge on any atom is -0.309 e. The molecule has 0 spiro atoms. The van der Waals surface area contributed by atoms with Gasteiger partial charge in [-0.05, 0) is 24.3 Å². The quantitative estimate of drug-likeness (QED) is 0.857. The molecular weight excluding hydrogens is 270 g/mol. The SMILES string of the molecule is CCC(CSC)NCc1ccccc1Br. The summed E-state index contributed by atoms with van der Waals surface area (Å²) in [7, 11) is 0. The Morgan fingerprint density at radius 3 is 2.73 bits per heavy atom. The van der Waals surface area contributed by atoms with Gasteiger partial charge in [-0.15, -0.1) is 0 Å². The minimum absolute atomic E-state index is 0.618. The summed E-state index contributed by atoms with van der Waals surface area (Å²) in [4.78, 5) is 0. The van der Waals surface area contributed by atoms with E-state index in [0.717, 1.165) is 6.54 Å². The van der Waals surface area contributed by atoms with Crippen LogP contribution in [0.1, 0.15) is 18.9 Å². The number of rotatable bonds is 6. The second-order valence-electron chi connectivity index (χ2n) is 3.53. The van der Waals surface area contributed by atoms with Crippen LogP contribution in [0.25, 0.3) is 0 Å². The van der Waals surface area contributed by atoms with Gasteiger partial charge in [0.15, 0.2) is 0 Å². The van der Waals surface area contributed by atoms with Crippen LogP contribution in [-0.2, 0) is 6.54 Å². The van der Waals surface area contributed by atoms with Crippen molar-refractivity contribution in [1.29, 1.82) is 0 Å². The molecule has 0 aliphatic heterocycles. The summed E-state index contributed by atoms with van der Waals surface area (Å²) in [6.07, 6.45) is 3.34. The monoisotopic (exact) mass is 287 g/mol. The molecule has 0 aromatic heterocycles. The van der Waals surface area contributed by atoms with Crippen LogP contribution in [0.15, 0.2) is 28.7 Å². The van der Waals surface area contributed by atoms with E-state index < -0.39 is 0 Å². The van der Waals surface area contributed by atoms with Crippen molar-refractivity contribution in [2.24, 2.45) is 0 Å². The van der Waals surface area contributed by atoms with E-state index >= 15 is 0 Å². The molecular formula is C12H18BrNS. The summed E-state index contributed by atoms with van der Waals surface area (Å²) >= 11 is 5.46. The van der Waals surface area contributed by atoms with Gasteiger partial charge in [-0.2, -0.15) is 11.8 Å². The molecule has 0 radical (unpaired) electrons. The lowest BCUT2D eigenvalue weighted by Crippen LogP contribution is -2.30. The highest BCUT2D eigenvalue weighted by molar-refractivity contribution is 9.10. The van der Waals surface area contributed by atoms with E-state index in [1.807, 2.05) is 17.8 Å². The maximum atomic E-state index is 3.58. The first kappa shape index (κ1) is 13.1. The van der Waals surface area contributed by atoms with Crippen LogP contribution in [-0.4, -0.2) is 18.1 Å². The smallest absolute Gasteiger partial charge is 0.0220 e. The highest BCUT2D eigenvalue weighted by Gasteiger charge is 2.05. The molecule has 1 atom stereocenters. The summed E-state index contributed by atoms with van der Waals surface area (Å²) in [6, 6.07) is 8.99. The first-order valence-electron chi connectivity index (χ1n) is 5.23. The molecule has 1 rings (SSSR count). The Hall–Kier alpha value is 0.01000. The van der Waals surface area contributed by atoms with Crippen LogP contribution in [0.5, 0.6) is 0 Å². The molecule has 1 aromatic rings. The summed E-state index contributed by atoms with van der Waals surface area (Å²) in [5.74, 6) is 1.18. The van der Waals surface area contributed by atoms with Crippen molar-refractivity contribution < 1.29 is 0 Å².